The molecule has 0 saturated heterocycles. The topological polar surface area (TPSA) is 64.0 Å². The zero-order valence-corrected chi connectivity index (χ0v) is 19.4. The number of hydrogen-bond acceptors (Lipinski definition) is 5. The van der Waals surface area contributed by atoms with Gasteiger partial charge in [-0.3, -0.25) is 14.2 Å². The van der Waals surface area contributed by atoms with E-state index in [1.807, 2.05) is 26.0 Å². The molecule has 1 aliphatic heterocycles. The number of hydrogen-bond donors (Lipinski definition) is 1. The number of benzene rings is 2. The molecule has 0 fully saturated rings. The highest BCUT2D eigenvalue weighted by Gasteiger charge is 2.33. The second-order valence-electron chi connectivity index (χ2n) is 7.66. The lowest BCUT2D eigenvalue weighted by Crippen LogP contribution is -2.25. The summed E-state index contributed by atoms with van der Waals surface area (Å²) in [6.07, 6.45) is -3.94. The molecule has 2 heterocycles. The average Bonchev–Trinajstić information content (AvgIpc) is 3.13. The van der Waals surface area contributed by atoms with E-state index in [9.17, 15) is 22.8 Å². The van der Waals surface area contributed by atoms with Crippen molar-refractivity contribution in [2.45, 2.75) is 41.7 Å². The minimum atomic E-state index is -4.58. The van der Waals surface area contributed by atoms with E-state index in [-0.39, 0.29) is 22.2 Å². The van der Waals surface area contributed by atoms with E-state index in [4.69, 9.17) is 0 Å². The first-order valence-corrected chi connectivity index (χ1v) is 12.0. The molecule has 1 aliphatic rings. The number of aryl methyl sites for hydroxylation is 1. The molecular formula is C23H20F3N3O2S2. The van der Waals surface area contributed by atoms with Gasteiger partial charge in [-0.1, -0.05) is 48.5 Å². The molecule has 0 radical (unpaired) electrons. The van der Waals surface area contributed by atoms with Crippen LogP contribution in [0, 0.1) is 6.92 Å². The Labute approximate surface area is 196 Å². The molecule has 10 heteroatoms. The maximum atomic E-state index is 13.3. The molecule has 0 bridgehead atoms. The van der Waals surface area contributed by atoms with Gasteiger partial charge in [0.2, 0.25) is 5.91 Å². The van der Waals surface area contributed by atoms with Crippen LogP contribution in [0.3, 0.4) is 0 Å². The van der Waals surface area contributed by atoms with Crippen molar-refractivity contribution < 1.29 is 18.0 Å². The number of halogens is 3. The van der Waals surface area contributed by atoms with Crippen molar-refractivity contribution in [3.63, 3.8) is 0 Å². The summed E-state index contributed by atoms with van der Waals surface area (Å²) in [4.78, 5) is 31.0. The molecule has 1 atom stereocenters. The Morgan fingerprint density at radius 1 is 1.21 bits per heavy atom. The highest BCUT2D eigenvalue weighted by molar-refractivity contribution is 8.00. The molecule has 1 amide bonds. The van der Waals surface area contributed by atoms with Gasteiger partial charge in [-0.05, 0) is 31.2 Å². The van der Waals surface area contributed by atoms with Gasteiger partial charge in [0.1, 0.15) is 0 Å². The summed E-state index contributed by atoms with van der Waals surface area (Å²) in [5.41, 5.74) is 0.905. The van der Waals surface area contributed by atoms with Gasteiger partial charge in [0.25, 0.3) is 5.56 Å². The SMILES string of the molecule is Cc1ccc(-n2c(SCC(=O)Nc3ccccc3C(F)(F)F)nc3c(c2=O)SC(C)C3)cc1. The number of carbonyl (C=O) groups is 1. The Balaban J connectivity index is 1.62. The number of fused-ring (bicyclic) bond motifs is 1. The molecule has 0 aliphatic carbocycles. The number of thioether (sulfide) groups is 2. The van der Waals surface area contributed by atoms with Gasteiger partial charge in [0, 0.05) is 11.7 Å². The molecule has 33 heavy (non-hydrogen) atoms. The summed E-state index contributed by atoms with van der Waals surface area (Å²) in [5.74, 6) is -0.823. The fraction of sp³-hybridized carbons (Fsp3) is 0.261. The average molecular weight is 492 g/mol. The lowest BCUT2D eigenvalue weighted by molar-refractivity contribution is -0.137. The Hall–Kier alpha value is -2.72. The third-order valence-corrected chi connectivity index (χ3v) is 7.17. The van der Waals surface area contributed by atoms with E-state index >= 15 is 0 Å². The number of anilines is 1. The smallest absolute Gasteiger partial charge is 0.325 e. The van der Waals surface area contributed by atoms with E-state index in [0.717, 1.165) is 23.4 Å². The van der Waals surface area contributed by atoms with Crippen molar-refractivity contribution in [2.24, 2.45) is 0 Å². The summed E-state index contributed by atoms with van der Waals surface area (Å²) < 4.78 is 41.1. The summed E-state index contributed by atoms with van der Waals surface area (Å²) in [5, 5.41) is 2.88. The summed E-state index contributed by atoms with van der Waals surface area (Å²) >= 11 is 2.49. The van der Waals surface area contributed by atoms with Crippen LogP contribution in [-0.4, -0.2) is 26.5 Å². The number of nitrogens with zero attached hydrogens (tertiary/aromatic N) is 2. The summed E-state index contributed by atoms with van der Waals surface area (Å²) in [6.45, 7) is 3.95. The van der Waals surface area contributed by atoms with Gasteiger partial charge >= 0.3 is 6.18 Å². The minimum Gasteiger partial charge on any atom is -0.325 e. The van der Waals surface area contributed by atoms with E-state index in [1.165, 1.54) is 34.5 Å². The molecule has 1 N–H and O–H groups in total. The third kappa shape index (κ3) is 5.11. The number of rotatable bonds is 5. The molecule has 172 valence electrons. The van der Waals surface area contributed by atoms with Gasteiger partial charge in [0.15, 0.2) is 5.16 Å². The Morgan fingerprint density at radius 2 is 1.91 bits per heavy atom. The Bertz CT molecular complexity index is 1260. The second-order valence-corrected chi connectivity index (χ2v) is 10.1. The number of carbonyl (C=O) groups excluding carboxylic acids is 1. The van der Waals surface area contributed by atoms with E-state index in [0.29, 0.717) is 27.9 Å². The zero-order valence-electron chi connectivity index (χ0n) is 17.8. The maximum absolute atomic E-state index is 13.3. The molecule has 1 unspecified atom stereocenters. The number of nitrogens with one attached hydrogen (secondary N) is 1. The quantitative estimate of drug-likeness (QED) is 0.386. The number of amides is 1. The van der Waals surface area contributed by atoms with Crippen LogP contribution >= 0.6 is 23.5 Å². The van der Waals surface area contributed by atoms with Crippen LogP contribution < -0.4 is 10.9 Å². The fourth-order valence-electron chi connectivity index (χ4n) is 3.47. The van der Waals surface area contributed by atoms with Gasteiger partial charge in [-0.25, -0.2) is 4.98 Å². The van der Waals surface area contributed by atoms with Crippen molar-refractivity contribution in [3.05, 3.63) is 75.7 Å². The number of alkyl halides is 3. The van der Waals surface area contributed by atoms with Crippen LogP contribution in [0.25, 0.3) is 5.69 Å². The number of aromatic nitrogens is 2. The monoisotopic (exact) mass is 491 g/mol. The molecule has 5 nitrogen and oxygen atoms in total. The fourth-order valence-corrected chi connectivity index (χ4v) is 5.40. The van der Waals surface area contributed by atoms with Gasteiger partial charge < -0.3 is 5.32 Å². The molecule has 0 saturated carbocycles. The van der Waals surface area contributed by atoms with Crippen molar-refractivity contribution >= 4 is 35.1 Å². The summed E-state index contributed by atoms with van der Waals surface area (Å²) in [7, 11) is 0. The molecule has 3 aromatic rings. The Kier molecular flexibility index (Phi) is 6.58. The zero-order chi connectivity index (χ0) is 23.8. The summed E-state index contributed by atoms with van der Waals surface area (Å²) in [6, 6.07) is 12.2. The van der Waals surface area contributed by atoms with Gasteiger partial charge in [-0.15, -0.1) is 11.8 Å². The Morgan fingerprint density at radius 3 is 2.61 bits per heavy atom. The molecular weight excluding hydrogens is 471 g/mol. The third-order valence-electron chi connectivity index (χ3n) is 5.01. The van der Waals surface area contributed by atoms with Crippen molar-refractivity contribution in [1.29, 1.82) is 0 Å². The maximum Gasteiger partial charge on any atom is 0.418 e. The highest BCUT2D eigenvalue weighted by Crippen LogP contribution is 2.36. The van der Waals surface area contributed by atoms with Crippen LogP contribution in [0.1, 0.15) is 23.7 Å². The van der Waals surface area contributed by atoms with Crippen LogP contribution in [0.2, 0.25) is 0 Å². The lowest BCUT2D eigenvalue weighted by Gasteiger charge is -2.15. The van der Waals surface area contributed by atoms with Crippen LogP contribution in [0.4, 0.5) is 18.9 Å². The molecule has 4 rings (SSSR count). The highest BCUT2D eigenvalue weighted by atomic mass is 32.2. The van der Waals surface area contributed by atoms with Crippen molar-refractivity contribution in [3.8, 4) is 5.69 Å². The van der Waals surface area contributed by atoms with Crippen molar-refractivity contribution in [2.75, 3.05) is 11.1 Å². The van der Waals surface area contributed by atoms with E-state index in [1.54, 1.807) is 12.1 Å². The first kappa shape index (κ1) is 23.4. The minimum absolute atomic E-state index is 0.202. The molecule has 2 aromatic carbocycles. The molecule has 1 aromatic heterocycles. The first-order valence-electron chi connectivity index (χ1n) is 10.1. The van der Waals surface area contributed by atoms with E-state index in [2.05, 4.69) is 10.3 Å². The normalized spacial score (nSPS) is 15.4. The lowest BCUT2D eigenvalue weighted by atomic mass is 10.1. The van der Waals surface area contributed by atoms with Crippen LogP contribution in [0.15, 0.2) is 63.4 Å². The predicted molar refractivity (Wildman–Crippen MR) is 124 cm³/mol. The van der Waals surface area contributed by atoms with Crippen LogP contribution in [-0.2, 0) is 17.4 Å². The predicted octanol–water partition coefficient (Wildman–Crippen LogP) is 5.33. The molecule has 0 spiro atoms. The number of para-hydroxylation sites is 1. The largest absolute Gasteiger partial charge is 0.418 e. The first-order chi connectivity index (χ1) is 15.6. The van der Waals surface area contributed by atoms with Crippen LogP contribution in [0.5, 0.6) is 0 Å². The van der Waals surface area contributed by atoms with E-state index < -0.39 is 17.6 Å². The second kappa shape index (κ2) is 9.26. The standard InChI is InChI=1S/C23H20F3N3O2S2/c1-13-7-9-15(10-8-13)29-21(31)20-18(11-14(2)33-20)28-22(29)32-12-19(30)27-17-6-4-3-5-16(17)23(24,25)26/h3-10,14H,11-12H2,1-2H3,(H,27,30). The van der Waals surface area contributed by atoms with Crippen molar-refractivity contribution in [1.82, 2.24) is 9.55 Å². The van der Waals surface area contributed by atoms with Gasteiger partial charge in [0.05, 0.1) is 33.3 Å². The van der Waals surface area contributed by atoms with Gasteiger partial charge in [-0.2, -0.15) is 13.2 Å².